The highest BCUT2D eigenvalue weighted by Crippen LogP contribution is 2.25. The Kier molecular flexibility index (Phi) is 5.40. The van der Waals surface area contributed by atoms with Gasteiger partial charge in [0.1, 0.15) is 16.5 Å². The zero-order valence-electron chi connectivity index (χ0n) is 16.6. The molecule has 4 heterocycles. The molecule has 0 spiro atoms. The first kappa shape index (κ1) is 19.7. The van der Waals surface area contributed by atoms with Crippen molar-refractivity contribution in [3.05, 3.63) is 77.2 Å². The van der Waals surface area contributed by atoms with E-state index in [0.717, 1.165) is 35.2 Å². The third-order valence-electron chi connectivity index (χ3n) is 5.18. The summed E-state index contributed by atoms with van der Waals surface area (Å²) in [5.41, 5.74) is 2.35. The average Bonchev–Trinajstić information content (AvgIpc) is 3.50. The maximum Gasteiger partial charge on any atom is 0.273 e. The Balaban J connectivity index is 1.25. The lowest BCUT2D eigenvalue weighted by Crippen LogP contribution is -2.49. The zero-order valence-corrected chi connectivity index (χ0v) is 18.1. The highest BCUT2D eigenvalue weighted by Gasteiger charge is 2.24. The molecular formula is C22H19ClN6OS. The van der Waals surface area contributed by atoms with Crippen molar-refractivity contribution in [3.8, 4) is 16.3 Å². The van der Waals surface area contributed by atoms with E-state index in [1.807, 2.05) is 63.6 Å². The molecule has 5 rings (SSSR count). The van der Waals surface area contributed by atoms with Crippen LogP contribution in [0.4, 0.5) is 5.82 Å². The molecule has 0 atom stereocenters. The van der Waals surface area contributed by atoms with Crippen molar-refractivity contribution in [1.82, 2.24) is 24.6 Å². The van der Waals surface area contributed by atoms with Crippen LogP contribution < -0.4 is 4.90 Å². The maximum atomic E-state index is 13.0. The number of amides is 1. The van der Waals surface area contributed by atoms with Crippen molar-refractivity contribution in [2.75, 3.05) is 31.1 Å². The first-order valence-corrected chi connectivity index (χ1v) is 11.1. The normalized spacial score (nSPS) is 14.1. The number of thiazole rings is 1. The van der Waals surface area contributed by atoms with E-state index in [9.17, 15) is 4.79 Å². The molecule has 1 aliphatic heterocycles. The zero-order chi connectivity index (χ0) is 21.2. The van der Waals surface area contributed by atoms with E-state index in [0.29, 0.717) is 23.8 Å². The summed E-state index contributed by atoms with van der Waals surface area (Å²) in [4.78, 5) is 25.9. The molecule has 1 saturated heterocycles. The Labute approximate surface area is 188 Å². The van der Waals surface area contributed by atoms with Gasteiger partial charge >= 0.3 is 0 Å². The van der Waals surface area contributed by atoms with Crippen molar-refractivity contribution < 1.29 is 4.79 Å². The van der Waals surface area contributed by atoms with Crippen LogP contribution >= 0.6 is 22.9 Å². The number of halogens is 1. The van der Waals surface area contributed by atoms with Crippen molar-refractivity contribution in [2.24, 2.45) is 0 Å². The van der Waals surface area contributed by atoms with E-state index in [1.54, 1.807) is 12.4 Å². The van der Waals surface area contributed by atoms with Crippen LogP contribution in [0.25, 0.3) is 16.3 Å². The molecule has 1 amide bonds. The first-order chi connectivity index (χ1) is 15.2. The molecule has 0 unspecified atom stereocenters. The summed E-state index contributed by atoms with van der Waals surface area (Å²) in [6.45, 7) is 2.70. The minimum atomic E-state index is -0.0401. The summed E-state index contributed by atoms with van der Waals surface area (Å²) in [5.74, 6) is 0.838. The smallest absolute Gasteiger partial charge is 0.273 e. The maximum absolute atomic E-state index is 13.0. The van der Waals surface area contributed by atoms with Gasteiger partial charge in [0.25, 0.3) is 5.91 Å². The molecule has 0 radical (unpaired) electrons. The minimum absolute atomic E-state index is 0.0401. The topological polar surface area (TPSA) is 67.2 Å². The Morgan fingerprint density at radius 1 is 1.00 bits per heavy atom. The van der Waals surface area contributed by atoms with E-state index in [-0.39, 0.29) is 5.91 Å². The summed E-state index contributed by atoms with van der Waals surface area (Å²) in [5, 5.41) is 7.65. The SMILES string of the molecule is O=C(c1csc(-c2cnn(-c3ccccc3)c2)n1)N1CCN(c2ccc(Cl)cn2)CC1. The lowest BCUT2D eigenvalue weighted by Gasteiger charge is -2.35. The largest absolute Gasteiger partial charge is 0.353 e. The molecule has 1 fully saturated rings. The van der Waals surface area contributed by atoms with Gasteiger partial charge in [-0.1, -0.05) is 29.8 Å². The molecule has 1 aromatic carbocycles. The minimum Gasteiger partial charge on any atom is -0.353 e. The summed E-state index contributed by atoms with van der Waals surface area (Å²) in [7, 11) is 0. The Morgan fingerprint density at radius 2 is 1.81 bits per heavy atom. The molecule has 156 valence electrons. The molecular weight excluding hydrogens is 432 g/mol. The van der Waals surface area contributed by atoms with Crippen LogP contribution in [0.2, 0.25) is 5.02 Å². The van der Waals surface area contributed by atoms with E-state index in [4.69, 9.17) is 11.6 Å². The number of hydrogen-bond donors (Lipinski definition) is 0. The second-order valence-corrected chi connectivity index (χ2v) is 8.46. The number of benzene rings is 1. The fraction of sp³-hybridized carbons (Fsp3) is 0.182. The molecule has 1 aliphatic rings. The number of piperazine rings is 1. The highest BCUT2D eigenvalue weighted by atomic mass is 35.5. The molecule has 0 aliphatic carbocycles. The number of hydrogen-bond acceptors (Lipinski definition) is 6. The Morgan fingerprint density at radius 3 is 2.55 bits per heavy atom. The van der Waals surface area contributed by atoms with Crippen LogP contribution in [-0.2, 0) is 0 Å². The van der Waals surface area contributed by atoms with Crippen LogP contribution in [0, 0.1) is 0 Å². The average molecular weight is 451 g/mol. The first-order valence-electron chi connectivity index (χ1n) is 9.89. The third-order valence-corrected chi connectivity index (χ3v) is 6.29. The van der Waals surface area contributed by atoms with Crippen molar-refractivity contribution in [3.63, 3.8) is 0 Å². The van der Waals surface area contributed by atoms with Crippen LogP contribution in [0.5, 0.6) is 0 Å². The number of carbonyl (C=O) groups is 1. The third kappa shape index (κ3) is 4.17. The molecule has 31 heavy (non-hydrogen) atoms. The number of aromatic nitrogens is 4. The molecule has 0 bridgehead atoms. The second kappa shape index (κ2) is 8.49. The second-order valence-electron chi connectivity index (χ2n) is 7.16. The molecule has 0 saturated carbocycles. The van der Waals surface area contributed by atoms with Crippen molar-refractivity contribution >= 4 is 34.7 Å². The van der Waals surface area contributed by atoms with Gasteiger partial charge in [0.15, 0.2) is 0 Å². The molecule has 7 nitrogen and oxygen atoms in total. The molecule has 4 aromatic rings. The van der Waals surface area contributed by atoms with Gasteiger partial charge in [-0.05, 0) is 24.3 Å². The monoisotopic (exact) mass is 450 g/mol. The fourth-order valence-electron chi connectivity index (χ4n) is 3.52. The Bertz CT molecular complexity index is 1180. The highest BCUT2D eigenvalue weighted by molar-refractivity contribution is 7.13. The van der Waals surface area contributed by atoms with Gasteiger partial charge in [0.2, 0.25) is 0 Å². The van der Waals surface area contributed by atoms with E-state index >= 15 is 0 Å². The molecule has 0 N–H and O–H groups in total. The van der Waals surface area contributed by atoms with Crippen LogP contribution in [0.1, 0.15) is 10.5 Å². The summed E-state index contributed by atoms with van der Waals surface area (Å²) in [6.07, 6.45) is 5.35. The van der Waals surface area contributed by atoms with Gasteiger partial charge in [-0.2, -0.15) is 5.10 Å². The standard InChI is InChI=1S/C22H19ClN6OS/c23-17-6-7-20(24-13-17)27-8-10-28(11-9-27)22(30)19-15-31-21(26-19)16-12-25-29(14-16)18-4-2-1-3-5-18/h1-7,12-15H,8-11H2. The van der Waals surface area contributed by atoms with Crippen LogP contribution in [0.3, 0.4) is 0 Å². The van der Waals surface area contributed by atoms with Gasteiger partial charge < -0.3 is 9.80 Å². The van der Waals surface area contributed by atoms with Crippen LogP contribution in [0.15, 0.2) is 66.4 Å². The lowest BCUT2D eigenvalue weighted by molar-refractivity contribution is 0.0741. The van der Waals surface area contributed by atoms with E-state index < -0.39 is 0 Å². The van der Waals surface area contributed by atoms with Crippen LogP contribution in [-0.4, -0.2) is 56.7 Å². The number of pyridine rings is 1. The summed E-state index contributed by atoms with van der Waals surface area (Å²) < 4.78 is 1.81. The summed E-state index contributed by atoms with van der Waals surface area (Å²) in [6, 6.07) is 13.6. The fourth-order valence-corrected chi connectivity index (χ4v) is 4.40. The molecule has 3 aromatic heterocycles. The van der Waals surface area contributed by atoms with Gasteiger partial charge in [0, 0.05) is 49.5 Å². The van der Waals surface area contributed by atoms with Crippen molar-refractivity contribution in [1.29, 1.82) is 0 Å². The summed E-state index contributed by atoms with van der Waals surface area (Å²) >= 11 is 7.37. The number of para-hydroxylation sites is 1. The number of rotatable bonds is 4. The van der Waals surface area contributed by atoms with Gasteiger partial charge in [-0.3, -0.25) is 4.79 Å². The number of anilines is 1. The Hall–Kier alpha value is -3.23. The van der Waals surface area contributed by atoms with Gasteiger partial charge in [0.05, 0.1) is 16.9 Å². The van der Waals surface area contributed by atoms with Gasteiger partial charge in [-0.15, -0.1) is 11.3 Å². The van der Waals surface area contributed by atoms with E-state index in [2.05, 4.69) is 20.0 Å². The quantitative estimate of drug-likeness (QED) is 0.470. The number of carbonyl (C=O) groups excluding carboxylic acids is 1. The lowest BCUT2D eigenvalue weighted by atomic mass is 10.2. The molecule has 9 heteroatoms. The van der Waals surface area contributed by atoms with Gasteiger partial charge in [-0.25, -0.2) is 14.6 Å². The van der Waals surface area contributed by atoms with E-state index in [1.165, 1.54) is 11.3 Å². The van der Waals surface area contributed by atoms with Crippen molar-refractivity contribution in [2.45, 2.75) is 0 Å². The predicted molar refractivity (Wildman–Crippen MR) is 122 cm³/mol. The number of nitrogens with zero attached hydrogens (tertiary/aromatic N) is 6. The predicted octanol–water partition coefficient (Wildman–Crippen LogP) is 4.01.